The Morgan fingerprint density at radius 3 is 2.77 bits per heavy atom. The Balaban J connectivity index is 2.26. The zero-order chi connectivity index (χ0) is 21.8. The Kier molecular flexibility index (Phi) is 5.56. The molecule has 0 spiro atoms. The molecule has 6 N–H and O–H groups in total. The zero-order valence-electron chi connectivity index (χ0n) is 16.2. The quantitative estimate of drug-likeness (QED) is 0.327. The van der Waals surface area contributed by atoms with Crippen molar-refractivity contribution >= 4 is 29.3 Å². The first kappa shape index (κ1) is 20.2. The molecule has 0 amide bonds. The minimum absolute atomic E-state index is 0.0246. The van der Waals surface area contributed by atoms with Crippen LogP contribution in [0.3, 0.4) is 0 Å². The number of esters is 1. The van der Waals surface area contributed by atoms with Crippen molar-refractivity contribution in [2.45, 2.75) is 13.0 Å². The van der Waals surface area contributed by atoms with Gasteiger partial charge in [0.05, 0.1) is 25.0 Å². The van der Waals surface area contributed by atoms with E-state index < -0.39 is 12.0 Å². The van der Waals surface area contributed by atoms with E-state index in [1.807, 2.05) is 6.07 Å². The monoisotopic (exact) mass is 406 g/mol. The summed E-state index contributed by atoms with van der Waals surface area (Å²) in [6.07, 6.45) is 1.79. The van der Waals surface area contributed by atoms with Crippen LogP contribution in [-0.4, -0.2) is 30.6 Å². The number of rotatable bonds is 4. The number of carbonyl (C=O) groups is 1. The zero-order valence-corrected chi connectivity index (χ0v) is 16.2. The van der Waals surface area contributed by atoms with E-state index in [9.17, 15) is 10.1 Å². The van der Waals surface area contributed by atoms with E-state index in [1.54, 1.807) is 25.2 Å². The van der Waals surface area contributed by atoms with Crippen molar-refractivity contribution in [1.29, 1.82) is 10.5 Å². The molecule has 1 atom stereocenters. The van der Waals surface area contributed by atoms with Gasteiger partial charge in [-0.2, -0.15) is 10.5 Å². The first-order valence-electron chi connectivity index (χ1n) is 8.79. The molecule has 30 heavy (non-hydrogen) atoms. The SMILES string of the molecule is CCOc1cc(C(=O)OC)ccc1C1N=C(NC#N)Nc2nc(N)c(C#N)c(N)c21. The van der Waals surface area contributed by atoms with Crippen molar-refractivity contribution < 1.29 is 14.3 Å². The molecule has 152 valence electrons. The van der Waals surface area contributed by atoms with E-state index >= 15 is 0 Å². The number of fused-ring (bicyclic) bond motifs is 1. The number of nitriles is 2. The Morgan fingerprint density at radius 1 is 1.37 bits per heavy atom. The van der Waals surface area contributed by atoms with Gasteiger partial charge in [0.2, 0.25) is 5.96 Å². The second-order valence-electron chi connectivity index (χ2n) is 6.08. The van der Waals surface area contributed by atoms with Crippen molar-refractivity contribution in [2.75, 3.05) is 30.5 Å². The van der Waals surface area contributed by atoms with Gasteiger partial charge in [0.25, 0.3) is 0 Å². The molecule has 1 aliphatic heterocycles. The van der Waals surface area contributed by atoms with Gasteiger partial charge in [-0.3, -0.25) is 5.32 Å². The molecular formula is C19H18N8O3. The molecule has 1 unspecified atom stereocenters. The van der Waals surface area contributed by atoms with Crippen molar-refractivity contribution in [3.8, 4) is 18.0 Å². The van der Waals surface area contributed by atoms with Gasteiger partial charge < -0.3 is 26.3 Å². The second-order valence-corrected chi connectivity index (χ2v) is 6.08. The Bertz CT molecular complexity index is 1130. The summed E-state index contributed by atoms with van der Waals surface area (Å²) < 4.78 is 10.5. The molecular weight excluding hydrogens is 388 g/mol. The van der Waals surface area contributed by atoms with Crippen LogP contribution < -0.4 is 26.8 Å². The fourth-order valence-corrected chi connectivity index (χ4v) is 3.09. The van der Waals surface area contributed by atoms with Gasteiger partial charge in [0.15, 0.2) is 6.19 Å². The number of pyridine rings is 1. The van der Waals surface area contributed by atoms with Crippen LogP contribution in [-0.2, 0) is 4.74 Å². The maximum absolute atomic E-state index is 11.9. The van der Waals surface area contributed by atoms with Crippen LogP contribution >= 0.6 is 0 Å². The summed E-state index contributed by atoms with van der Waals surface area (Å²) in [6, 6.07) is 5.90. The van der Waals surface area contributed by atoms with Gasteiger partial charge in [-0.1, -0.05) is 6.07 Å². The van der Waals surface area contributed by atoms with Gasteiger partial charge in [0.1, 0.15) is 35.1 Å². The number of ether oxygens (including phenoxy) is 2. The molecule has 1 aliphatic rings. The summed E-state index contributed by atoms with van der Waals surface area (Å²) in [6.45, 7) is 2.11. The molecule has 1 aromatic heterocycles. The molecule has 0 saturated heterocycles. The summed E-state index contributed by atoms with van der Waals surface area (Å²) in [5.41, 5.74) is 13.5. The first-order chi connectivity index (χ1) is 14.4. The van der Waals surface area contributed by atoms with Crippen molar-refractivity contribution in [3.63, 3.8) is 0 Å². The van der Waals surface area contributed by atoms with Crippen molar-refractivity contribution in [3.05, 3.63) is 40.5 Å². The van der Waals surface area contributed by atoms with Crippen LogP contribution in [0.1, 0.15) is 40.0 Å². The van der Waals surface area contributed by atoms with Crippen LogP contribution in [0.25, 0.3) is 0 Å². The molecule has 11 heteroatoms. The normalized spacial score (nSPS) is 14.3. The standard InChI is InChI=1S/C19H18N8O3/c1-3-30-12-6-9(18(28)29-2)4-5-10(12)15-13-14(22)11(7-20)16(23)26-17(13)27-19(25-15)24-8-21/h4-6,15H,3H2,1-2H3,(H6,22,23,24,25,26,27). The summed E-state index contributed by atoms with van der Waals surface area (Å²) in [4.78, 5) is 20.6. The fraction of sp³-hybridized carbons (Fsp3) is 0.211. The minimum Gasteiger partial charge on any atom is -0.493 e. The third kappa shape index (κ3) is 3.47. The van der Waals surface area contributed by atoms with E-state index in [0.717, 1.165) is 0 Å². The van der Waals surface area contributed by atoms with Gasteiger partial charge >= 0.3 is 5.97 Å². The molecule has 1 aromatic carbocycles. The molecule has 0 fully saturated rings. The number of anilines is 3. The lowest BCUT2D eigenvalue weighted by atomic mass is 9.93. The third-order valence-corrected chi connectivity index (χ3v) is 4.39. The minimum atomic E-state index is -0.787. The van der Waals surface area contributed by atoms with E-state index in [0.29, 0.717) is 29.0 Å². The first-order valence-corrected chi connectivity index (χ1v) is 8.79. The molecule has 0 bridgehead atoms. The molecule has 11 nitrogen and oxygen atoms in total. The van der Waals surface area contributed by atoms with Crippen LogP contribution in [0.15, 0.2) is 23.2 Å². The number of nitrogens with one attached hydrogen (secondary N) is 2. The predicted octanol–water partition coefficient (Wildman–Crippen LogP) is 1.24. The number of carbonyl (C=O) groups excluding carboxylic acids is 1. The Hall–Kier alpha value is -4.51. The number of nitrogens with zero attached hydrogens (tertiary/aromatic N) is 4. The topological polar surface area (TPSA) is 184 Å². The van der Waals surface area contributed by atoms with Gasteiger partial charge in [-0.05, 0) is 19.1 Å². The number of methoxy groups -OCH3 is 1. The summed E-state index contributed by atoms with van der Waals surface area (Å²) >= 11 is 0. The smallest absolute Gasteiger partial charge is 0.337 e. The number of benzene rings is 1. The largest absolute Gasteiger partial charge is 0.493 e. The van der Waals surface area contributed by atoms with Gasteiger partial charge in [0, 0.05) is 11.1 Å². The lowest BCUT2D eigenvalue weighted by Gasteiger charge is -2.27. The van der Waals surface area contributed by atoms with Crippen molar-refractivity contribution in [2.24, 2.45) is 4.99 Å². The lowest BCUT2D eigenvalue weighted by Crippen LogP contribution is -2.33. The molecule has 2 aromatic rings. The molecule has 0 radical (unpaired) electrons. The Morgan fingerprint density at radius 2 is 2.13 bits per heavy atom. The van der Waals surface area contributed by atoms with Crippen molar-refractivity contribution in [1.82, 2.24) is 10.3 Å². The highest BCUT2D eigenvalue weighted by atomic mass is 16.5. The average molecular weight is 406 g/mol. The van der Waals surface area contributed by atoms with Crippen LogP contribution in [0.5, 0.6) is 5.75 Å². The number of hydrogen-bond donors (Lipinski definition) is 4. The summed E-state index contributed by atoms with van der Waals surface area (Å²) in [5, 5.41) is 23.7. The van der Waals surface area contributed by atoms with Gasteiger partial charge in [-0.15, -0.1) is 0 Å². The van der Waals surface area contributed by atoms with E-state index in [2.05, 4.69) is 20.6 Å². The molecule has 3 rings (SSSR count). The number of nitrogen functional groups attached to an aromatic ring is 2. The Labute approximate surface area is 171 Å². The number of hydrogen-bond acceptors (Lipinski definition) is 11. The van der Waals surface area contributed by atoms with Crippen LogP contribution in [0.4, 0.5) is 17.3 Å². The third-order valence-electron chi connectivity index (χ3n) is 4.39. The molecule has 0 saturated carbocycles. The number of aromatic nitrogens is 1. The second kappa shape index (κ2) is 8.24. The van der Waals surface area contributed by atoms with E-state index in [-0.39, 0.29) is 28.8 Å². The highest BCUT2D eigenvalue weighted by Gasteiger charge is 2.31. The lowest BCUT2D eigenvalue weighted by molar-refractivity contribution is 0.0600. The summed E-state index contributed by atoms with van der Waals surface area (Å²) in [7, 11) is 1.28. The number of guanidine groups is 1. The maximum Gasteiger partial charge on any atom is 0.337 e. The summed E-state index contributed by atoms with van der Waals surface area (Å²) in [5.74, 6) is 0.160. The van der Waals surface area contributed by atoms with Gasteiger partial charge in [-0.25, -0.2) is 14.8 Å². The van der Waals surface area contributed by atoms with Crippen LogP contribution in [0.2, 0.25) is 0 Å². The maximum atomic E-state index is 11.9. The number of aliphatic imine (C=N–C) groups is 1. The number of nitrogens with two attached hydrogens (primary N) is 2. The van der Waals surface area contributed by atoms with E-state index in [4.69, 9.17) is 26.2 Å². The van der Waals surface area contributed by atoms with E-state index in [1.165, 1.54) is 13.2 Å². The molecule has 0 aliphatic carbocycles. The van der Waals surface area contributed by atoms with Crippen LogP contribution in [0, 0.1) is 22.8 Å². The fourth-order valence-electron chi connectivity index (χ4n) is 3.09. The predicted molar refractivity (Wildman–Crippen MR) is 108 cm³/mol. The molecule has 2 heterocycles. The highest BCUT2D eigenvalue weighted by Crippen LogP contribution is 2.43. The highest BCUT2D eigenvalue weighted by molar-refractivity contribution is 5.98. The average Bonchev–Trinajstić information content (AvgIpc) is 2.73.